The molecule has 0 spiro atoms. The van der Waals surface area contributed by atoms with E-state index in [1.54, 1.807) is 0 Å². The number of nitrogens with one attached hydrogen (secondary N) is 1. The second-order valence-electron chi connectivity index (χ2n) is 4.57. The van der Waals surface area contributed by atoms with E-state index in [1.165, 1.54) is 5.56 Å². The van der Waals surface area contributed by atoms with E-state index in [-0.39, 0.29) is 6.10 Å². The van der Waals surface area contributed by atoms with Gasteiger partial charge in [0.05, 0.1) is 12.2 Å². The fourth-order valence-corrected chi connectivity index (χ4v) is 2.22. The largest absolute Gasteiger partial charge is 0.486 e. The monoisotopic (exact) mass is 240 g/mol. The van der Waals surface area contributed by atoms with Crippen LogP contribution in [0.5, 0.6) is 5.75 Å². The van der Waals surface area contributed by atoms with Crippen LogP contribution in [-0.4, -0.2) is 12.6 Å². The van der Waals surface area contributed by atoms with Crippen LogP contribution in [0.25, 0.3) is 0 Å². The fourth-order valence-electron chi connectivity index (χ4n) is 2.22. The minimum absolute atomic E-state index is 0.170. The number of nitrogen functional groups attached to an aromatic ring is 1. The highest BCUT2D eigenvalue weighted by molar-refractivity contribution is 5.64. The normalized spacial score (nSPS) is 17.4. The molecule has 1 heterocycles. The summed E-state index contributed by atoms with van der Waals surface area (Å²) in [5.41, 5.74) is 8.78. The van der Waals surface area contributed by atoms with E-state index in [9.17, 15) is 0 Å². The van der Waals surface area contributed by atoms with E-state index in [0.717, 1.165) is 30.1 Å². The molecule has 0 bridgehead atoms. The molecule has 0 fully saturated rings. The highest BCUT2D eigenvalue weighted by atomic mass is 16.5. The molecule has 1 aliphatic heterocycles. The first kappa shape index (κ1) is 11.0. The van der Waals surface area contributed by atoms with Crippen LogP contribution >= 0.6 is 0 Å². The van der Waals surface area contributed by atoms with E-state index >= 15 is 0 Å². The molecule has 3 rings (SSSR count). The summed E-state index contributed by atoms with van der Waals surface area (Å²) in [7, 11) is 0. The van der Waals surface area contributed by atoms with Gasteiger partial charge in [-0.05, 0) is 23.8 Å². The Labute approximate surface area is 107 Å². The van der Waals surface area contributed by atoms with Gasteiger partial charge in [0.25, 0.3) is 0 Å². The summed E-state index contributed by atoms with van der Waals surface area (Å²) in [6.07, 6.45) is 1.08. The quantitative estimate of drug-likeness (QED) is 0.793. The summed E-state index contributed by atoms with van der Waals surface area (Å²) in [6, 6.07) is 16.1. The Morgan fingerprint density at radius 1 is 1.17 bits per heavy atom. The summed E-state index contributed by atoms with van der Waals surface area (Å²) in [5.74, 6) is 0.886. The maximum absolute atomic E-state index is 5.97. The van der Waals surface area contributed by atoms with E-state index in [2.05, 4.69) is 29.6 Å². The van der Waals surface area contributed by atoms with Crippen molar-refractivity contribution >= 4 is 11.4 Å². The van der Waals surface area contributed by atoms with Crippen LogP contribution < -0.4 is 15.8 Å². The molecule has 0 aliphatic carbocycles. The molecule has 3 N–H and O–H groups in total. The molecule has 2 aromatic carbocycles. The molecule has 1 atom stereocenters. The van der Waals surface area contributed by atoms with E-state index in [1.807, 2.05) is 24.3 Å². The molecule has 0 aromatic heterocycles. The van der Waals surface area contributed by atoms with Crippen LogP contribution in [0.4, 0.5) is 11.4 Å². The first-order valence-corrected chi connectivity index (χ1v) is 6.15. The van der Waals surface area contributed by atoms with Crippen molar-refractivity contribution in [3.63, 3.8) is 0 Å². The third kappa shape index (κ3) is 2.25. The smallest absolute Gasteiger partial charge is 0.143 e. The van der Waals surface area contributed by atoms with Crippen molar-refractivity contribution in [2.24, 2.45) is 0 Å². The second kappa shape index (κ2) is 4.61. The molecule has 2 aromatic rings. The molecule has 3 heteroatoms. The van der Waals surface area contributed by atoms with Crippen molar-refractivity contribution in [1.29, 1.82) is 0 Å². The second-order valence-corrected chi connectivity index (χ2v) is 4.57. The Hall–Kier alpha value is -2.16. The van der Waals surface area contributed by atoms with Crippen molar-refractivity contribution in [2.75, 3.05) is 17.6 Å². The van der Waals surface area contributed by atoms with E-state index in [4.69, 9.17) is 10.5 Å². The van der Waals surface area contributed by atoms with Crippen LogP contribution in [0.3, 0.4) is 0 Å². The van der Waals surface area contributed by atoms with Gasteiger partial charge < -0.3 is 15.8 Å². The zero-order valence-electron chi connectivity index (χ0n) is 10.1. The topological polar surface area (TPSA) is 47.3 Å². The maximum atomic E-state index is 5.97. The molecular formula is C15H16N2O. The molecule has 0 saturated heterocycles. The molecule has 0 amide bonds. The van der Waals surface area contributed by atoms with Gasteiger partial charge in [0.2, 0.25) is 0 Å². The van der Waals surface area contributed by atoms with Gasteiger partial charge in [-0.2, -0.15) is 0 Å². The molecular weight excluding hydrogens is 224 g/mol. The first-order chi connectivity index (χ1) is 8.81. The minimum atomic E-state index is 0.170. The standard InChI is InChI=1S/C15H16N2O/c16-12-6-7-15-14(9-12)17-10-13(18-15)8-11-4-2-1-3-5-11/h1-7,9,13,17H,8,10,16H2. The number of ether oxygens (including phenoxy) is 1. The third-order valence-electron chi connectivity index (χ3n) is 3.12. The van der Waals surface area contributed by atoms with Gasteiger partial charge >= 0.3 is 0 Å². The average molecular weight is 240 g/mol. The lowest BCUT2D eigenvalue weighted by atomic mass is 10.1. The Morgan fingerprint density at radius 3 is 2.83 bits per heavy atom. The SMILES string of the molecule is Nc1ccc2c(c1)NCC(Cc1ccccc1)O2. The summed E-state index contributed by atoms with van der Waals surface area (Å²) in [5, 5.41) is 3.37. The summed E-state index contributed by atoms with van der Waals surface area (Å²) in [6.45, 7) is 0.811. The molecule has 92 valence electrons. The van der Waals surface area contributed by atoms with E-state index < -0.39 is 0 Å². The van der Waals surface area contributed by atoms with Gasteiger partial charge in [-0.25, -0.2) is 0 Å². The highest BCUT2D eigenvalue weighted by Crippen LogP contribution is 2.31. The molecule has 1 aliphatic rings. The van der Waals surface area contributed by atoms with Crippen molar-refractivity contribution < 1.29 is 4.74 Å². The van der Waals surface area contributed by atoms with Crippen LogP contribution in [0.15, 0.2) is 48.5 Å². The lowest BCUT2D eigenvalue weighted by molar-refractivity contribution is 0.206. The van der Waals surface area contributed by atoms with Crippen LogP contribution in [0, 0.1) is 0 Å². The minimum Gasteiger partial charge on any atom is -0.486 e. The van der Waals surface area contributed by atoms with Crippen molar-refractivity contribution in [2.45, 2.75) is 12.5 Å². The van der Waals surface area contributed by atoms with Gasteiger partial charge in [0.15, 0.2) is 0 Å². The third-order valence-corrected chi connectivity index (χ3v) is 3.12. The van der Waals surface area contributed by atoms with Gasteiger partial charge in [-0.1, -0.05) is 30.3 Å². The highest BCUT2D eigenvalue weighted by Gasteiger charge is 2.19. The molecule has 18 heavy (non-hydrogen) atoms. The number of rotatable bonds is 2. The maximum Gasteiger partial charge on any atom is 0.143 e. The number of anilines is 2. The molecule has 1 unspecified atom stereocenters. The predicted octanol–water partition coefficient (Wildman–Crippen LogP) is 2.68. The Balaban J connectivity index is 1.73. The lowest BCUT2D eigenvalue weighted by Gasteiger charge is -2.27. The number of hydrogen-bond donors (Lipinski definition) is 2. The molecule has 0 saturated carbocycles. The lowest BCUT2D eigenvalue weighted by Crippen LogP contribution is -2.32. The number of hydrogen-bond acceptors (Lipinski definition) is 3. The number of nitrogens with two attached hydrogens (primary N) is 1. The van der Waals surface area contributed by atoms with E-state index in [0.29, 0.717) is 0 Å². The van der Waals surface area contributed by atoms with Crippen molar-refractivity contribution in [3.05, 3.63) is 54.1 Å². The van der Waals surface area contributed by atoms with Crippen LogP contribution in [0.1, 0.15) is 5.56 Å². The molecule has 0 radical (unpaired) electrons. The Morgan fingerprint density at radius 2 is 2.00 bits per heavy atom. The van der Waals surface area contributed by atoms with Gasteiger partial charge in [-0.3, -0.25) is 0 Å². The zero-order valence-corrected chi connectivity index (χ0v) is 10.1. The Bertz CT molecular complexity index is 539. The Kier molecular flexibility index (Phi) is 2.81. The summed E-state index contributed by atoms with van der Waals surface area (Å²) >= 11 is 0. The number of benzene rings is 2. The van der Waals surface area contributed by atoms with Crippen molar-refractivity contribution in [1.82, 2.24) is 0 Å². The predicted molar refractivity (Wildman–Crippen MR) is 73.9 cm³/mol. The van der Waals surface area contributed by atoms with Crippen molar-refractivity contribution in [3.8, 4) is 5.75 Å². The summed E-state index contributed by atoms with van der Waals surface area (Å²) in [4.78, 5) is 0. The molecule has 3 nitrogen and oxygen atoms in total. The zero-order chi connectivity index (χ0) is 12.4. The van der Waals surface area contributed by atoms with Gasteiger partial charge in [0, 0.05) is 12.1 Å². The van der Waals surface area contributed by atoms with Crippen LogP contribution in [-0.2, 0) is 6.42 Å². The fraction of sp³-hybridized carbons (Fsp3) is 0.200. The number of fused-ring (bicyclic) bond motifs is 1. The average Bonchev–Trinajstić information content (AvgIpc) is 2.40. The first-order valence-electron chi connectivity index (χ1n) is 6.15. The summed E-state index contributed by atoms with van der Waals surface area (Å²) < 4.78 is 5.97. The van der Waals surface area contributed by atoms with Crippen LogP contribution in [0.2, 0.25) is 0 Å². The van der Waals surface area contributed by atoms with Gasteiger partial charge in [0.1, 0.15) is 11.9 Å². The van der Waals surface area contributed by atoms with Gasteiger partial charge in [-0.15, -0.1) is 0 Å².